The summed E-state index contributed by atoms with van der Waals surface area (Å²) in [7, 11) is 0. The highest BCUT2D eigenvalue weighted by atomic mass is 16.6. The molecule has 1 aliphatic rings. The number of benzene rings is 2. The number of carbonyl (C=O) groups excluding carboxylic acids is 2. The molecule has 9 heteroatoms. The Morgan fingerprint density at radius 2 is 1.77 bits per heavy atom. The van der Waals surface area contributed by atoms with Crippen molar-refractivity contribution in [2.75, 3.05) is 31.6 Å². The van der Waals surface area contributed by atoms with Crippen LogP contribution in [0.2, 0.25) is 0 Å². The molecule has 3 aromatic rings. The molecule has 0 aliphatic carbocycles. The minimum atomic E-state index is -0.541. The highest BCUT2D eigenvalue weighted by Gasteiger charge is 2.27. The van der Waals surface area contributed by atoms with Crippen LogP contribution in [-0.2, 0) is 9.53 Å². The van der Waals surface area contributed by atoms with Crippen LogP contribution < -0.4 is 5.32 Å². The number of amides is 2. The van der Waals surface area contributed by atoms with Gasteiger partial charge in [0.15, 0.2) is 0 Å². The Balaban J connectivity index is 1.62. The first-order valence-electron chi connectivity index (χ1n) is 9.65. The summed E-state index contributed by atoms with van der Waals surface area (Å²) in [6, 6.07) is 13.1. The molecule has 2 amide bonds. The van der Waals surface area contributed by atoms with Crippen molar-refractivity contribution in [2.45, 2.75) is 0 Å². The van der Waals surface area contributed by atoms with Crippen LogP contribution in [0.15, 0.2) is 59.0 Å². The first kappa shape index (κ1) is 20.3. The van der Waals surface area contributed by atoms with Crippen LogP contribution in [0.4, 0.5) is 11.4 Å². The van der Waals surface area contributed by atoms with E-state index < -0.39 is 10.8 Å². The van der Waals surface area contributed by atoms with Crippen molar-refractivity contribution in [3.63, 3.8) is 0 Å². The molecule has 4 rings (SSSR count). The number of fused-ring (bicyclic) bond motifs is 1. The van der Waals surface area contributed by atoms with E-state index in [0.29, 0.717) is 42.8 Å². The molecule has 1 fully saturated rings. The molecule has 1 aromatic heterocycles. The number of para-hydroxylation sites is 2. The summed E-state index contributed by atoms with van der Waals surface area (Å²) >= 11 is 0. The lowest BCUT2D eigenvalue weighted by Crippen LogP contribution is -2.40. The molecule has 0 bridgehead atoms. The van der Waals surface area contributed by atoms with Crippen LogP contribution >= 0.6 is 0 Å². The lowest BCUT2D eigenvalue weighted by molar-refractivity contribution is -0.385. The van der Waals surface area contributed by atoms with Crippen molar-refractivity contribution in [1.29, 1.82) is 0 Å². The smallest absolute Gasteiger partial charge is 0.291 e. The second-order valence-electron chi connectivity index (χ2n) is 6.85. The van der Waals surface area contributed by atoms with Gasteiger partial charge in [-0.15, -0.1) is 0 Å². The van der Waals surface area contributed by atoms with Crippen LogP contribution in [-0.4, -0.2) is 47.9 Å². The number of rotatable bonds is 5. The van der Waals surface area contributed by atoms with Crippen LogP contribution in [0.5, 0.6) is 0 Å². The monoisotopic (exact) mass is 421 g/mol. The average Bonchev–Trinajstić information content (AvgIpc) is 3.16. The number of hydrogen-bond donors (Lipinski definition) is 1. The first-order valence-corrected chi connectivity index (χ1v) is 9.65. The van der Waals surface area contributed by atoms with Gasteiger partial charge in [0.1, 0.15) is 11.3 Å². The van der Waals surface area contributed by atoms with Gasteiger partial charge in [0.05, 0.1) is 23.7 Å². The number of morpholine rings is 1. The number of nitro benzene ring substituents is 1. The standard InChI is InChI=1S/C22H19N3O6/c26-19(10-9-15-5-1-3-7-17(15)25(28)29)23-20-16-6-2-4-8-18(16)31-21(20)22(27)24-11-13-30-14-12-24/h1-10H,11-14H2,(H,23,26)/b10-9+. The summed E-state index contributed by atoms with van der Waals surface area (Å²) in [6.07, 6.45) is 2.55. The maximum Gasteiger partial charge on any atom is 0.291 e. The fourth-order valence-corrected chi connectivity index (χ4v) is 3.36. The van der Waals surface area contributed by atoms with E-state index in [1.807, 2.05) is 0 Å². The van der Waals surface area contributed by atoms with Crippen molar-refractivity contribution >= 4 is 40.2 Å². The minimum absolute atomic E-state index is 0.0375. The summed E-state index contributed by atoms with van der Waals surface area (Å²) in [5, 5.41) is 14.4. The Morgan fingerprint density at radius 3 is 2.55 bits per heavy atom. The summed E-state index contributed by atoms with van der Waals surface area (Å²) in [4.78, 5) is 37.9. The number of anilines is 1. The zero-order valence-corrected chi connectivity index (χ0v) is 16.4. The van der Waals surface area contributed by atoms with Crippen LogP contribution in [0.3, 0.4) is 0 Å². The molecule has 9 nitrogen and oxygen atoms in total. The molecule has 1 aliphatic heterocycles. The number of nitrogens with zero attached hydrogens (tertiary/aromatic N) is 2. The number of nitrogens with one attached hydrogen (secondary N) is 1. The molecule has 2 aromatic carbocycles. The molecule has 1 N–H and O–H groups in total. The Hall–Kier alpha value is -3.98. The van der Waals surface area contributed by atoms with Gasteiger partial charge in [-0.25, -0.2) is 0 Å². The van der Waals surface area contributed by atoms with Crippen molar-refractivity contribution in [3.8, 4) is 0 Å². The van der Waals surface area contributed by atoms with Gasteiger partial charge >= 0.3 is 0 Å². The fourth-order valence-electron chi connectivity index (χ4n) is 3.36. The van der Waals surface area contributed by atoms with E-state index in [-0.39, 0.29) is 23.0 Å². The van der Waals surface area contributed by atoms with E-state index in [0.717, 1.165) is 0 Å². The number of nitro groups is 1. The zero-order valence-electron chi connectivity index (χ0n) is 16.4. The molecule has 0 spiro atoms. The Kier molecular flexibility index (Phi) is 5.76. The van der Waals surface area contributed by atoms with Gasteiger partial charge in [-0.2, -0.15) is 0 Å². The predicted molar refractivity (Wildman–Crippen MR) is 114 cm³/mol. The van der Waals surface area contributed by atoms with Crippen molar-refractivity contribution < 1.29 is 23.7 Å². The Labute approximate surface area is 177 Å². The SMILES string of the molecule is O=C(/C=C/c1ccccc1[N+](=O)[O-])Nc1c(C(=O)N2CCOCC2)oc2ccccc12. The molecule has 2 heterocycles. The highest BCUT2D eigenvalue weighted by Crippen LogP contribution is 2.32. The molecular formula is C22H19N3O6. The molecule has 1 saturated heterocycles. The maximum atomic E-state index is 13.0. The number of furan rings is 1. The van der Waals surface area contributed by atoms with Crippen molar-refractivity contribution in [1.82, 2.24) is 4.90 Å². The summed E-state index contributed by atoms with van der Waals surface area (Å²) < 4.78 is 11.1. The van der Waals surface area contributed by atoms with E-state index in [1.54, 1.807) is 47.4 Å². The molecule has 31 heavy (non-hydrogen) atoms. The number of hydrogen-bond acceptors (Lipinski definition) is 6. The van der Waals surface area contributed by atoms with Crippen LogP contribution in [0.25, 0.3) is 17.0 Å². The lowest BCUT2D eigenvalue weighted by atomic mass is 10.1. The largest absolute Gasteiger partial charge is 0.449 e. The maximum absolute atomic E-state index is 13.0. The van der Waals surface area contributed by atoms with Gasteiger partial charge in [-0.1, -0.05) is 24.3 Å². The molecule has 0 unspecified atom stereocenters. The van der Waals surface area contributed by atoms with Gasteiger partial charge in [0.25, 0.3) is 11.6 Å². The lowest BCUT2D eigenvalue weighted by Gasteiger charge is -2.26. The van der Waals surface area contributed by atoms with E-state index in [2.05, 4.69) is 5.32 Å². The van der Waals surface area contributed by atoms with Gasteiger partial charge in [-0.3, -0.25) is 19.7 Å². The minimum Gasteiger partial charge on any atom is -0.449 e. The molecule has 158 valence electrons. The number of ether oxygens (including phenoxy) is 1. The quantitative estimate of drug-likeness (QED) is 0.383. The molecule has 0 radical (unpaired) electrons. The van der Waals surface area contributed by atoms with Gasteiger partial charge < -0.3 is 19.4 Å². The zero-order chi connectivity index (χ0) is 21.8. The van der Waals surface area contributed by atoms with E-state index in [4.69, 9.17) is 9.15 Å². The van der Waals surface area contributed by atoms with E-state index in [9.17, 15) is 19.7 Å². The third-order valence-electron chi connectivity index (χ3n) is 4.88. The summed E-state index contributed by atoms with van der Waals surface area (Å²) in [6.45, 7) is 1.74. The van der Waals surface area contributed by atoms with Gasteiger partial charge in [0.2, 0.25) is 11.7 Å². The topological polar surface area (TPSA) is 115 Å². The number of carbonyl (C=O) groups is 2. The molecule has 0 saturated carbocycles. The first-order chi connectivity index (χ1) is 15.0. The Bertz CT molecular complexity index is 1180. The van der Waals surface area contributed by atoms with Gasteiger partial charge in [-0.05, 0) is 24.3 Å². The molecular weight excluding hydrogens is 402 g/mol. The van der Waals surface area contributed by atoms with E-state index in [1.165, 1.54) is 18.2 Å². The normalized spacial score (nSPS) is 14.1. The third-order valence-corrected chi connectivity index (χ3v) is 4.88. The van der Waals surface area contributed by atoms with Crippen molar-refractivity contribution in [3.05, 3.63) is 76.0 Å². The average molecular weight is 421 g/mol. The van der Waals surface area contributed by atoms with E-state index >= 15 is 0 Å². The third kappa shape index (κ3) is 4.31. The predicted octanol–water partition coefficient (Wildman–Crippen LogP) is 3.47. The summed E-state index contributed by atoms with van der Waals surface area (Å²) in [5.74, 6) is -0.839. The Morgan fingerprint density at radius 1 is 1.06 bits per heavy atom. The van der Waals surface area contributed by atoms with Crippen LogP contribution in [0.1, 0.15) is 16.1 Å². The van der Waals surface area contributed by atoms with Gasteiger partial charge in [0, 0.05) is 30.6 Å². The second kappa shape index (κ2) is 8.80. The van der Waals surface area contributed by atoms with Crippen molar-refractivity contribution in [2.24, 2.45) is 0 Å². The fraction of sp³-hybridized carbons (Fsp3) is 0.182. The highest BCUT2D eigenvalue weighted by molar-refractivity contribution is 6.13. The summed E-state index contributed by atoms with van der Waals surface area (Å²) in [5.41, 5.74) is 0.925. The molecule has 0 atom stereocenters. The van der Waals surface area contributed by atoms with Crippen LogP contribution in [0, 0.1) is 10.1 Å². The second-order valence-corrected chi connectivity index (χ2v) is 6.85.